The van der Waals surface area contributed by atoms with Crippen LogP contribution in [0, 0.1) is 11.8 Å². The van der Waals surface area contributed by atoms with Gasteiger partial charge in [-0.05, 0) is 43.1 Å². The van der Waals surface area contributed by atoms with E-state index in [-0.39, 0.29) is 56.4 Å². The number of carboxylic acids is 1. The average molecular weight is 763 g/mol. The zero-order chi connectivity index (χ0) is 41.1. The lowest BCUT2D eigenvalue weighted by molar-refractivity contribution is -0.144. The molecule has 1 rings (SSSR count). The number of guanidine groups is 1. The molecule has 54 heavy (non-hydrogen) atoms. The van der Waals surface area contributed by atoms with Crippen LogP contribution in [0.1, 0.15) is 65.4 Å². The number of carbonyl (C=O) groups is 7. The maximum Gasteiger partial charge on any atom is 0.326 e. The Morgan fingerprint density at radius 2 is 1.24 bits per heavy atom. The molecule has 6 amide bonds. The molecular formula is C35H58N10O9. The SMILES string of the molecule is CC(C)C[C@H](NC(=O)[C@H](CC(C)C)NC(=O)[C@H](Cc1ccccc1)N(C)C(=O)[C@@H](N)CO)C(=O)N[C@@H](CCCN=C(N)N)C(=O)N[C@@H](CC(N)=O)C(=O)O. The number of aliphatic imine (C=N–C) groups is 1. The van der Waals surface area contributed by atoms with E-state index in [4.69, 9.17) is 22.9 Å². The standard InChI is InChI=1S/C35H58N10O9/c1-19(2)14-24(30(49)41-23(12-9-13-40-35(38)39)29(48)44-26(34(53)54)17-28(37)47)42-31(50)25(15-20(3)4)43-32(51)27(16-21-10-7-6-8-11-21)45(5)33(52)22(36)18-46/h6-8,10-11,19-20,22-27,46H,9,12-18,36H2,1-5H3,(H2,37,47)(H,41,49)(H,42,50)(H,43,51)(H,44,48)(H,53,54)(H4,38,39,40)/t22-,23-,24-,25-,26-,27-/m0/s1. The van der Waals surface area contributed by atoms with E-state index >= 15 is 0 Å². The Kier molecular flexibility index (Phi) is 20.2. The number of carbonyl (C=O) groups excluding carboxylic acids is 6. The number of aliphatic carboxylic acids is 1. The lowest BCUT2D eigenvalue weighted by Gasteiger charge is -2.31. The second kappa shape index (κ2) is 23.4. The van der Waals surface area contributed by atoms with E-state index in [1.807, 2.05) is 13.8 Å². The fourth-order valence-electron chi connectivity index (χ4n) is 5.40. The summed E-state index contributed by atoms with van der Waals surface area (Å²) >= 11 is 0. The highest BCUT2D eigenvalue weighted by atomic mass is 16.4. The van der Waals surface area contributed by atoms with Crippen molar-refractivity contribution < 1.29 is 43.8 Å². The van der Waals surface area contributed by atoms with Gasteiger partial charge < -0.3 is 59.3 Å². The molecule has 0 saturated carbocycles. The fraction of sp³-hybridized carbons (Fsp3) is 0.600. The molecule has 0 aliphatic heterocycles. The third-order valence-corrected chi connectivity index (χ3v) is 8.18. The van der Waals surface area contributed by atoms with Crippen molar-refractivity contribution in [2.45, 2.75) is 102 Å². The summed E-state index contributed by atoms with van der Waals surface area (Å²) in [6.45, 7) is 6.70. The number of carboxylic acid groups (broad SMARTS) is 1. The Hall–Kier alpha value is -5.30. The van der Waals surface area contributed by atoms with Gasteiger partial charge in [-0.1, -0.05) is 58.0 Å². The van der Waals surface area contributed by atoms with Crippen molar-refractivity contribution >= 4 is 47.4 Å². The summed E-state index contributed by atoms with van der Waals surface area (Å²) < 4.78 is 0. The molecule has 19 heteroatoms. The molecule has 0 aliphatic rings. The van der Waals surface area contributed by atoms with Gasteiger partial charge in [0.1, 0.15) is 36.3 Å². The van der Waals surface area contributed by atoms with Gasteiger partial charge in [0.05, 0.1) is 13.0 Å². The molecule has 1 aromatic carbocycles. The van der Waals surface area contributed by atoms with E-state index in [9.17, 15) is 43.8 Å². The quantitative estimate of drug-likeness (QED) is 0.0295. The Morgan fingerprint density at radius 1 is 0.759 bits per heavy atom. The zero-order valence-electron chi connectivity index (χ0n) is 31.6. The van der Waals surface area contributed by atoms with Gasteiger partial charge in [0.25, 0.3) is 0 Å². The monoisotopic (exact) mass is 762 g/mol. The van der Waals surface area contributed by atoms with Gasteiger partial charge in [-0.3, -0.25) is 33.8 Å². The summed E-state index contributed by atoms with van der Waals surface area (Å²) in [7, 11) is 1.38. The normalized spacial score (nSPS) is 14.4. The number of aliphatic hydroxyl groups excluding tert-OH is 1. The van der Waals surface area contributed by atoms with Crippen molar-refractivity contribution in [3.05, 3.63) is 35.9 Å². The molecule has 0 radical (unpaired) electrons. The number of amides is 6. The van der Waals surface area contributed by atoms with Crippen LogP contribution in [0.5, 0.6) is 0 Å². The number of aliphatic hydroxyl groups is 1. The number of benzene rings is 1. The molecule has 0 aromatic heterocycles. The van der Waals surface area contributed by atoms with Crippen LogP contribution in [0.4, 0.5) is 0 Å². The minimum Gasteiger partial charge on any atom is -0.480 e. The number of hydrogen-bond donors (Lipinski definition) is 10. The van der Waals surface area contributed by atoms with Crippen LogP contribution in [-0.4, -0.2) is 119 Å². The van der Waals surface area contributed by atoms with Crippen LogP contribution >= 0.6 is 0 Å². The van der Waals surface area contributed by atoms with Crippen molar-refractivity contribution in [1.82, 2.24) is 26.2 Å². The van der Waals surface area contributed by atoms with E-state index in [0.29, 0.717) is 0 Å². The molecule has 0 saturated heterocycles. The molecular weight excluding hydrogens is 704 g/mol. The number of nitrogens with one attached hydrogen (secondary N) is 4. The van der Waals surface area contributed by atoms with E-state index in [1.54, 1.807) is 44.2 Å². The predicted octanol–water partition coefficient (Wildman–Crippen LogP) is -2.58. The Bertz CT molecular complexity index is 1450. The Labute approximate surface area is 315 Å². The summed E-state index contributed by atoms with van der Waals surface area (Å²) in [5.74, 6) is -6.73. The fourth-order valence-corrected chi connectivity index (χ4v) is 5.40. The topological polar surface area (TPSA) is 328 Å². The Morgan fingerprint density at radius 3 is 1.70 bits per heavy atom. The van der Waals surface area contributed by atoms with Crippen molar-refractivity contribution in [3.63, 3.8) is 0 Å². The van der Waals surface area contributed by atoms with Crippen LogP contribution in [0.2, 0.25) is 0 Å². The lowest BCUT2D eigenvalue weighted by Crippen LogP contribution is -2.60. The van der Waals surface area contributed by atoms with Crippen LogP contribution in [0.3, 0.4) is 0 Å². The Balaban J connectivity index is 3.39. The van der Waals surface area contributed by atoms with E-state index < -0.39 is 90.7 Å². The molecule has 0 spiro atoms. The van der Waals surface area contributed by atoms with Crippen LogP contribution < -0.4 is 44.2 Å². The van der Waals surface area contributed by atoms with E-state index in [2.05, 4.69) is 26.3 Å². The first kappa shape index (κ1) is 46.7. The third-order valence-electron chi connectivity index (χ3n) is 8.18. The smallest absolute Gasteiger partial charge is 0.326 e. The summed E-state index contributed by atoms with van der Waals surface area (Å²) in [4.78, 5) is 95.9. The molecule has 0 bridgehead atoms. The molecule has 19 nitrogen and oxygen atoms in total. The minimum absolute atomic E-state index is 0.0549. The second-order valence-electron chi connectivity index (χ2n) is 13.9. The number of nitrogens with two attached hydrogens (primary N) is 4. The highest BCUT2D eigenvalue weighted by molar-refractivity contribution is 5.96. The number of nitrogens with zero attached hydrogens (tertiary/aromatic N) is 2. The zero-order valence-corrected chi connectivity index (χ0v) is 31.6. The summed E-state index contributed by atoms with van der Waals surface area (Å²) in [6.07, 6.45) is -0.260. The van der Waals surface area contributed by atoms with Crippen LogP contribution in [-0.2, 0) is 40.0 Å². The van der Waals surface area contributed by atoms with E-state index in [0.717, 1.165) is 10.5 Å². The van der Waals surface area contributed by atoms with Gasteiger partial charge in [0, 0.05) is 20.0 Å². The first-order valence-corrected chi connectivity index (χ1v) is 17.7. The van der Waals surface area contributed by atoms with Gasteiger partial charge in [-0.15, -0.1) is 0 Å². The maximum atomic E-state index is 13.9. The van der Waals surface area contributed by atoms with Gasteiger partial charge >= 0.3 is 5.97 Å². The van der Waals surface area contributed by atoms with Gasteiger partial charge in [-0.25, -0.2) is 4.79 Å². The van der Waals surface area contributed by atoms with Gasteiger partial charge in [0.2, 0.25) is 35.4 Å². The molecule has 1 aromatic rings. The lowest BCUT2D eigenvalue weighted by atomic mass is 9.98. The summed E-state index contributed by atoms with van der Waals surface area (Å²) in [6, 6.07) is 1.07. The van der Waals surface area contributed by atoms with Crippen LogP contribution in [0.25, 0.3) is 0 Å². The van der Waals surface area contributed by atoms with Crippen molar-refractivity contribution in [2.75, 3.05) is 20.2 Å². The second-order valence-corrected chi connectivity index (χ2v) is 13.9. The van der Waals surface area contributed by atoms with Gasteiger partial charge in [-0.2, -0.15) is 0 Å². The molecule has 302 valence electrons. The van der Waals surface area contributed by atoms with Crippen molar-refractivity contribution in [1.29, 1.82) is 0 Å². The number of rotatable bonds is 24. The van der Waals surface area contributed by atoms with Crippen LogP contribution in [0.15, 0.2) is 35.3 Å². The molecule has 0 fully saturated rings. The third kappa shape index (κ3) is 17.0. The molecule has 6 atom stereocenters. The molecule has 14 N–H and O–H groups in total. The molecule has 0 aliphatic carbocycles. The first-order chi connectivity index (χ1) is 25.3. The number of hydrogen-bond acceptors (Lipinski definition) is 10. The number of primary amides is 1. The molecule has 0 unspecified atom stereocenters. The maximum absolute atomic E-state index is 13.9. The average Bonchev–Trinajstić information content (AvgIpc) is 3.09. The molecule has 0 heterocycles. The summed E-state index contributed by atoms with van der Waals surface area (Å²) in [5, 5.41) is 29.2. The van der Waals surface area contributed by atoms with Gasteiger partial charge in [0.15, 0.2) is 5.96 Å². The van der Waals surface area contributed by atoms with E-state index in [1.165, 1.54) is 7.05 Å². The first-order valence-electron chi connectivity index (χ1n) is 17.7. The highest BCUT2D eigenvalue weighted by Crippen LogP contribution is 2.14. The van der Waals surface area contributed by atoms with Crippen molar-refractivity contribution in [2.24, 2.45) is 39.8 Å². The largest absolute Gasteiger partial charge is 0.480 e. The van der Waals surface area contributed by atoms with Crippen molar-refractivity contribution in [3.8, 4) is 0 Å². The number of likely N-dealkylation sites (N-methyl/N-ethyl adjacent to an activating group) is 1. The minimum atomic E-state index is -1.67. The highest BCUT2D eigenvalue weighted by Gasteiger charge is 2.35. The summed E-state index contributed by atoms with van der Waals surface area (Å²) in [5.41, 5.74) is 22.4. The predicted molar refractivity (Wildman–Crippen MR) is 200 cm³/mol.